The second-order valence-corrected chi connectivity index (χ2v) is 2.91. The first kappa shape index (κ1) is 9.92. The molecule has 0 saturated heterocycles. The standard InChI is InChI=1S/C8H20N2/c1-3-5-7(6-4-2)8(9)10/h7-8H,3-6,9-10H2,1-2H3. The van der Waals surface area contributed by atoms with Gasteiger partial charge in [0.2, 0.25) is 0 Å². The largest absolute Gasteiger partial charge is 0.316 e. The van der Waals surface area contributed by atoms with E-state index in [0.717, 1.165) is 0 Å². The van der Waals surface area contributed by atoms with Crippen LogP contribution in [0.4, 0.5) is 0 Å². The molecule has 0 radical (unpaired) electrons. The van der Waals surface area contributed by atoms with Crippen molar-refractivity contribution in [3.63, 3.8) is 0 Å². The molecule has 0 aromatic rings. The predicted octanol–water partition coefficient (Wildman–Crippen LogP) is 1.45. The molecule has 0 spiro atoms. The van der Waals surface area contributed by atoms with Crippen LogP contribution in [0.15, 0.2) is 0 Å². The summed E-state index contributed by atoms with van der Waals surface area (Å²) in [5, 5.41) is 0. The van der Waals surface area contributed by atoms with E-state index in [1.165, 1.54) is 25.7 Å². The van der Waals surface area contributed by atoms with Gasteiger partial charge in [-0.15, -0.1) is 0 Å². The number of hydrogen-bond donors (Lipinski definition) is 2. The molecule has 0 amide bonds. The third kappa shape index (κ3) is 3.85. The summed E-state index contributed by atoms with van der Waals surface area (Å²) in [7, 11) is 0. The van der Waals surface area contributed by atoms with E-state index < -0.39 is 0 Å². The Morgan fingerprint density at radius 3 is 1.60 bits per heavy atom. The maximum Gasteiger partial charge on any atom is 0.0549 e. The van der Waals surface area contributed by atoms with Crippen LogP contribution in [0.5, 0.6) is 0 Å². The molecule has 0 unspecified atom stereocenters. The Kier molecular flexibility index (Phi) is 5.64. The van der Waals surface area contributed by atoms with Crippen molar-refractivity contribution in [2.75, 3.05) is 0 Å². The summed E-state index contributed by atoms with van der Waals surface area (Å²) in [6, 6.07) is 0. The van der Waals surface area contributed by atoms with Crippen LogP contribution in [0.25, 0.3) is 0 Å². The molecule has 10 heavy (non-hydrogen) atoms. The van der Waals surface area contributed by atoms with Crippen molar-refractivity contribution >= 4 is 0 Å². The molecule has 0 aromatic heterocycles. The summed E-state index contributed by atoms with van der Waals surface area (Å²) in [4.78, 5) is 0. The molecule has 0 fully saturated rings. The lowest BCUT2D eigenvalue weighted by atomic mass is 9.96. The first-order chi connectivity index (χ1) is 4.72. The topological polar surface area (TPSA) is 52.0 Å². The van der Waals surface area contributed by atoms with Crippen LogP contribution in [-0.4, -0.2) is 6.17 Å². The third-order valence-electron chi connectivity index (χ3n) is 1.86. The fourth-order valence-electron chi connectivity index (χ4n) is 1.27. The minimum absolute atomic E-state index is 0.111. The predicted molar refractivity (Wildman–Crippen MR) is 45.5 cm³/mol. The molecule has 2 heteroatoms. The Hall–Kier alpha value is -0.0800. The minimum Gasteiger partial charge on any atom is -0.316 e. The quantitative estimate of drug-likeness (QED) is 0.574. The Labute approximate surface area is 64.0 Å². The highest BCUT2D eigenvalue weighted by Crippen LogP contribution is 2.13. The molecule has 62 valence electrons. The Bertz CT molecular complexity index is 65.7. The molecule has 0 atom stereocenters. The van der Waals surface area contributed by atoms with Gasteiger partial charge in [0.1, 0.15) is 0 Å². The van der Waals surface area contributed by atoms with Gasteiger partial charge in [-0.25, -0.2) is 0 Å². The van der Waals surface area contributed by atoms with Gasteiger partial charge in [-0.2, -0.15) is 0 Å². The molecule has 0 bridgehead atoms. The van der Waals surface area contributed by atoms with E-state index in [4.69, 9.17) is 11.5 Å². The van der Waals surface area contributed by atoms with Gasteiger partial charge < -0.3 is 11.5 Å². The summed E-state index contributed by atoms with van der Waals surface area (Å²) in [5.41, 5.74) is 11.2. The molecule has 0 saturated carbocycles. The lowest BCUT2D eigenvalue weighted by molar-refractivity contribution is 0.368. The van der Waals surface area contributed by atoms with Crippen LogP contribution < -0.4 is 11.5 Å². The van der Waals surface area contributed by atoms with Crippen molar-refractivity contribution in [1.82, 2.24) is 0 Å². The second kappa shape index (κ2) is 5.69. The highest BCUT2D eigenvalue weighted by molar-refractivity contribution is 4.65. The van der Waals surface area contributed by atoms with E-state index in [2.05, 4.69) is 13.8 Å². The zero-order valence-corrected chi connectivity index (χ0v) is 7.14. The summed E-state index contributed by atoms with van der Waals surface area (Å²) in [5.74, 6) is 0.537. The molecule has 0 heterocycles. The smallest absolute Gasteiger partial charge is 0.0549 e. The first-order valence-electron chi connectivity index (χ1n) is 4.23. The van der Waals surface area contributed by atoms with Crippen LogP contribution in [0.3, 0.4) is 0 Å². The van der Waals surface area contributed by atoms with Crippen LogP contribution in [0.1, 0.15) is 39.5 Å². The minimum atomic E-state index is -0.111. The van der Waals surface area contributed by atoms with Crippen molar-refractivity contribution < 1.29 is 0 Å². The van der Waals surface area contributed by atoms with Gasteiger partial charge in [-0.1, -0.05) is 26.7 Å². The average Bonchev–Trinajstić information content (AvgIpc) is 1.87. The molecule has 0 aliphatic rings. The molecule has 0 aliphatic heterocycles. The lowest BCUT2D eigenvalue weighted by Gasteiger charge is -2.18. The van der Waals surface area contributed by atoms with Crippen molar-refractivity contribution in [3.05, 3.63) is 0 Å². The maximum absolute atomic E-state index is 5.59. The molecule has 0 aliphatic carbocycles. The molecule has 0 rings (SSSR count). The molecule has 2 nitrogen and oxygen atoms in total. The summed E-state index contributed by atoms with van der Waals surface area (Å²) in [6.45, 7) is 4.34. The van der Waals surface area contributed by atoms with Crippen molar-refractivity contribution in [2.45, 2.75) is 45.7 Å². The number of rotatable bonds is 5. The van der Waals surface area contributed by atoms with E-state index in [9.17, 15) is 0 Å². The Balaban J connectivity index is 3.50. The van der Waals surface area contributed by atoms with Crippen LogP contribution >= 0.6 is 0 Å². The van der Waals surface area contributed by atoms with E-state index in [0.29, 0.717) is 5.92 Å². The van der Waals surface area contributed by atoms with E-state index in [-0.39, 0.29) is 6.17 Å². The Morgan fingerprint density at radius 1 is 1.00 bits per heavy atom. The summed E-state index contributed by atoms with van der Waals surface area (Å²) < 4.78 is 0. The first-order valence-corrected chi connectivity index (χ1v) is 4.23. The second-order valence-electron chi connectivity index (χ2n) is 2.91. The SMILES string of the molecule is CCCC(CCC)C(N)N. The molecular weight excluding hydrogens is 124 g/mol. The van der Waals surface area contributed by atoms with Gasteiger partial charge in [0.05, 0.1) is 6.17 Å². The maximum atomic E-state index is 5.59. The molecular formula is C8H20N2. The molecule has 0 aromatic carbocycles. The summed E-state index contributed by atoms with van der Waals surface area (Å²) >= 11 is 0. The lowest BCUT2D eigenvalue weighted by Crippen LogP contribution is -2.38. The summed E-state index contributed by atoms with van der Waals surface area (Å²) in [6.07, 6.45) is 4.61. The van der Waals surface area contributed by atoms with Gasteiger partial charge in [0.25, 0.3) is 0 Å². The van der Waals surface area contributed by atoms with E-state index in [1.54, 1.807) is 0 Å². The average molecular weight is 144 g/mol. The fourth-order valence-corrected chi connectivity index (χ4v) is 1.27. The molecule has 4 N–H and O–H groups in total. The van der Waals surface area contributed by atoms with Crippen LogP contribution in [0, 0.1) is 5.92 Å². The van der Waals surface area contributed by atoms with Crippen molar-refractivity contribution in [2.24, 2.45) is 17.4 Å². The monoisotopic (exact) mass is 144 g/mol. The van der Waals surface area contributed by atoms with Gasteiger partial charge in [-0.3, -0.25) is 0 Å². The van der Waals surface area contributed by atoms with Crippen molar-refractivity contribution in [3.8, 4) is 0 Å². The highest BCUT2D eigenvalue weighted by Gasteiger charge is 2.10. The third-order valence-corrected chi connectivity index (χ3v) is 1.86. The van der Waals surface area contributed by atoms with Gasteiger partial charge in [0, 0.05) is 0 Å². The van der Waals surface area contributed by atoms with Crippen molar-refractivity contribution in [1.29, 1.82) is 0 Å². The van der Waals surface area contributed by atoms with E-state index >= 15 is 0 Å². The zero-order chi connectivity index (χ0) is 7.98. The fraction of sp³-hybridized carbons (Fsp3) is 1.00. The van der Waals surface area contributed by atoms with Gasteiger partial charge in [0.15, 0.2) is 0 Å². The number of nitrogens with two attached hydrogens (primary N) is 2. The van der Waals surface area contributed by atoms with Crippen LogP contribution in [-0.2, 0) is 0 Å². The van der Waals surface area contributed by atoms with Crippen LogP contribution in [0.2, 0.25) is 0 Å². The number of hydrogen-bond acceptors (Lipinski definition) is 2. The zero-order valence-electron chi connectivity index (χ0n) is 7.14. The normalized spacial score (nSPS) is 11.4. The van der Waals surface area contributed by atoms with Gasteiger partial charge in [-0.05, 0) is 18.8 Å². The Morgan fingerprint density at radius 2 is 1.40 bits per heavy atom. The van der Waals surface area contributed by atoms with Gasteiger partial charge >= 0.3 is 0 Å². The highest BCUT2D eigenvalue weighted by atomic mass is 14.9. The van der Waals surface area contributed by atoms with E-state index in [1.807, 2.05) is 0 Å².